The zero-order valence-corrected chi connectivity index (χ0v) is 18.0. The fourth-order valence-corrected chi connectivity index (χ4v) is 5.33. The average Bonchev–Trinajstić information content (AvgIpc) is 2.75. The summed E-state index contributed by atoms with van der Waals surface area (Å²) in [5.74, 6) is -0.945. The Balaban J connectivity index is 1.54. The van der Waals surface area contributed by atoms with Gasteiger partial charge in [0.25, 0.3) is 0 Å². The molecule has 1 amide bonds. The molecule has 0 spiro atoms. The molecule has 2 aromatic rings. The second kappa shape index (κ2) is 9.76. The Morgan fingerprint density at radius 1 is 1.07 bits per heavy atom. The summed E-state index contributed by atoms with van der Waals surface area (Å²) in [6.07, 6.45) is 0. The van der Waals surface area contributed by atoms with Crippen LogP contribution in [0, 0.1) is 11.6 Å². The third-order valence-corrected chi connectivity index (χ3v) is 7.51. The van der Waals surface area contributed by atoms with Gasteiger partial charge < -0.3 is 9.64 Å². The number of halogens is 2. The van der Waals surface area contributed by atoms with Crippen molar-refractivity contribution in [2.24, 2.45) is 0 Å². The van der Waals surface area contributed by atoms with Crippen molar-refractivity contribution in [3.63, 3.8) is 0 Å². The summed E-state index contributed by atoms with van der Waals surface area (Å²) in [6.45, 7) is 2.92. The van der Waals surface area contributed by atoms with Crippen molar-refractivity contribution >= 4 is 27.7 Å². The van der Waals surface area contributed by atoms with Crippen molar-refractivity contribution in [2.75, 3.05) is 38.5 Å². The molecule has 1 aliphatic heterocycles. The number of hydrogen-bond donors (Lipinski definition) is 0. The van der Waals surface area contributed by atoms with Gasteiger partial charge >= 0.3 is 0 Å². The third-order valence-electron chi connectivity index (χ3n) is 4.60. The van der Waals surface area contributed by atoms with E-state index in [0.29, 0.717) is 12.7 Å². The Kier molecular flexibility index (Phi) is 7.32. The molecule has 10 heteroatoms. The lowest BCUT2D eigenvalue weighted by atomic mass is 10.3. The second-order valence-corrected chi connectivity index (χ2v) is 9.51. The molecular formula is C20H22F2N2O4S2. The molecule has 0 aliphatic carbocycles. The van der Waals surface area contributed by atoms with E-state index in [1.54, 1.807) is 4.90 Å². The molecule has 30 heavy (non-hydrogen) atoms. The molecule has 2 aromatic carbocycles. The summed E-state index contributed by atoms with van der Waals surface area (Å²) < 4.78 is 59.0. The lowest BCUT2D eigenvalue weighted by Gasteiger charge is -2.34. The van der Waals surface area contributed by atoms with Gasteiger partial charge in [-0.1, -0.05) is 0 Å². The van der Waals surface area contributed by atoms with Gasteiger partial charge in [-0.2, -0.15) is 4.31 Å². The first-order chi connectivity index (χ1) is 14.3. The largest absolute Gasteiger partial charge is 0.494 e. The van der Waals surface area contributed by atoms with Crippen LogP contribution < -0.4 is 4.74 Å². The van der Waals surface area contributed by atoms with Crippen LogP contribution >= 0.6 is 11.8 Å². The summed E-state index contributed by atoms with van der Waals surface area (Å²) in [5, 5.41) is 0. The van der Waals surface area contributed by atoms with Crippen LogP contribution in [0.3, 0.4) is 0 Å². The molecule has 1 saturated heterocycles. The molecule has 0 aromatic heterocycles. The minimum absolute atomic E-state index is 0.0255. The maximum atomic E-state index is 13.9. The Morgan fingerprint density at radius 2 is 1.73 bits per heavy atom. The minimum atomic E-state index is -4.17. The minimum Gasteiger partial charge on any atom is -0.494 e. The van der Waals surface area contributed by atoms with Crippen LogP contribution in [0.15, 0.2) is 52.3 Å². The van der Waals surface area contributed by atoms with Crippen LogP contribution in [0.1, 0.15) is 6.92 Å². The fourth-order valence-electron chi connectivity index (χ4n) is 3.03. The van der Waals surface area contributed by atoms with Crippen molar-refractivity contribution in [3.05, 3.63) is 54.1 Å². The smallest absolute Gasteiger partial charge is 0.246 e. The highest BCUT2D eigenvalue weighted by Gasteiger charge is 2.32. The van der Waals surface area contributed by atoms with Gasteiger partial charge in [-0.3, -0.25) is 4.79 Å². The number of ether oxygens (including phenoxy) is 1. The van der Waals surface area contributed by atoms with Gasteiger partial charge in [0.2, 0.25) is 15.9 Å². The molecule has 0 unspecified atom stereocenters. The first-order valence-electron chi connectivity index (χ1n) is 9.40. The maximum absolute atomic E-state index is 13.9. The van der Waals surface area contributed by atoms with Gasteiger partial charge in [0, 0.05) is 31.1 Å². The molecule has 0 radical (unpaired) electrons. The van der Waals surface area contributed by atoms with Gasteiger partial charge in [0.15, 0.2) is 0 Å². The van der Waals surface area contributed by atoms with Crippen LogP contribution in [-0.4, -0.2) is 62.1 Å². The van der Waals surface area contributed by atoms with Crippen molar-refractivity contribution in [1.29, 1.82) is 0 Å². The van der Waals surface area contributed by atoms with Crippen LogP contribution in [0.2, 0.25) is 0 Å². The van der Waals surface area contributed by atoms with E-state index in [1.807, 2.05) is 31.2 Å². The number of rotatable bonds is 7. The molecule has 0 atom stereocenters. The number of amides is 1. The molecule has 0 saturated carbocycles. The first kappa shape index (κ1) is 22.5. The summed E-state index contributed by atoms with van der Waals surface area (Å²) in [5.41, 5.74) is 0. The van der Waals surface area contributed by atoms with Gasteiger partial charge in [0.05, 0.1) is 12.4 Å². The van der Waals surface area contributed by atoms with Crippen molar-refractivity contribution in [1.82, 2.24) is 9.21 Å². The number of nitrogens with zero attached hydrogens (tertiary/aromatic N) is 2. The maximum Gasteiger partial charge on any atom is 0.246 e. The zero-order chi connectivity index (χ0) is 21.7. The van der Waals surface area contributed by atoms with Crippen LogP contribution in [0.25, 0.3) is 0 Å². The van der Waals surface area contributed by atoms with Gasteiger partial charge in [-0.05, 0) is 49.4 Å². The fraction of sp³-hybridized carbons (Fsp3) is 0.350. The number of carbonyl (C=O) groups excluding carboxylic acids is 1. The van der Waals surface area contributed by atoms with Crippen molar-refractivity contribution in [2.45, 2.75) is 16.7 Å². The predicted octanol–water partition coefficient (Wildman–Crippen LogP) is 2.99. The molecule has 1 fully saturated rings. The average molecular weight is 457 g/mol. The predicted molar refractivity (Wildman–Crippen MR) is 110 cm³/mol. The molecule has 6 nitrogen and oxygen atoms in total. The molecule has 3 rings (SSSR count). The topological polar surface area (TPSA) is 66.9 Å². The van der Waals surface area contributed by atoms with Crippen LogP contribution in [0.4, 0.5) is 8.78 Å². The molecule has 162 valence electrons. The highest BCUT2D eigenvalue weighted by Crippen LogP contribution is 2.24. The Hall–Kier alpha value is -2.17. The summed E-state index contributed by atoms with van der Waals surface area (Å²) in [4.78, 5) is 14.3. The van der Waals surface area contributed by atoms with Gasteiger partial charge in [-0.25, -0.2) is 17.2 Å². The standard InChI is InChI=1S/C20H22F2N2O4S2/c1-2-28-16-4-6-17(7-5-16)29-14-20(25)23-9-11-24(12-10-23)30(26,27)19-13-15(21)3-8-18(19)22/h3-8,13H,2,9-12,14H2,1H3. The third kappa shape index (κ3) is 5.30. The lowest BCUT2D eigenvalue weighted by molar-refractivity contribution is -0.129. The molecule has 1 heterocycles. The second-order valence-electron chi connectivity index (χ2n) is 6.55. The number of sulfonamides is 1. The van der Waals surface area contributed by atoms with Crippen molar-refractivity contribution < 1.29 is 26.7 Å². The van der Waals surface area contributed by atoms with E-state index < -0.39 is 26.6 Å². The highest BCUT2D eigenvalue weighted by atomic mass is 32.2. The van der Waals surface area contributed by atoms with Crippen molar-refractivity contribution in [3.8, 4) is 5.75 Å². The summed E-state index contributed by atoms with van der Waals surface area (Å²) in [6, 6.07) is 9.77. The van der Waals surface area contributed by atoms with E-state index in [2.05, 4.69) is 0 Å². The zero-order valence-electron chi connectivity index (χ0n) is 16.4. The quantitative estimate of drug-likeness (QED) is 0.600. The van der Waals surface area contributed by atoms with E-state index in [-0.39, 0.29) is 37.8 Å². The first-order valence-corrected chi connectivity index (χ1v) is 11.8. The molecular weight excluding hydrogens is 434 g/mol. The number of benzene rings is 2. The van der Waals surface area contributed by atoms with E-state index in [0.717, 1.165) is 27.1 Å². The normalized spacial score (nSPS) is 15.2. The lowest BCUT2D eigenvalue weighted by Crippen LogP contribution is -2.51. The summed E-state index contributed by atoms with van der Waals surface area (Å²) >= 11 is 1.39. The monoisotopic (exact) mass is 456 g/mol. The van der Waals surface area contributed by atoms with Crippen LogP contribution in [-0.2, 0) is 14.8 Å². The van der Waals surface area contributed by atoms with Gasteiger partial charge in [-0.15, -0.1) is 11.8 Å². The molecule has 0 bridgehead atoms. The Morgan fingerprint density at radius 3 is 2.37 bits per heavy atom. The number of carbonyl (C=O) groups is 1. The summed E-state index contributed by atoms with van der Waals surface area (Å²) in [7, 11) is -4.17. The Bertz CT molecular complexity index is 992. The molecule has 0 N–H and O–H groups in total. The van der Waals surface area contributed by atoms with Gasteiger partial charge in [0.1, 0.15) is 22.3 Å². The highest BCUT2D eigenvalue weighted by molar-refractivity contribution is 8.00. The van der Waals surface area contributed by atoms with E-state index in [9.17, 15) is 22.0 Å². The number of piperazine rings is 1. The molecule has 1 aliphatic rings. The van der Waals surface area contributed by atoms with Crippen LogP contribution in [0.5, 0.6) is 5.75 Å². The Labute approximate surface area is 178 Å². The SMILES string of the molecule is CCOc1ccc(SCC(=O)N2CCN(S(=O)(=O)c3cc(F)ccc3F)CC2)cc1. The van der Waals surface area contributed by atoms with E-state index in [1.165, 1.54) is 11.8 Å². The van der Waals surface area contributed by atoms with E-state index in [4.69, 9.17) is 4.74 Å². The van der Waals surface area contributed by atoms with E-state index >= 15 is 0 Å². The number of hydrogen-bond acceptors (Lipinski definition) is 5. The number of thioether (sulfide) groups is 1.